The van der Waals surface area contributed by atoms with Crippen LogP contribution in [-0.2, 0) is 31.3 Å². The Balaban J connectivity index is 1.71. The zero-order valence-corrected chi connectivity index (χ0v) is 19.0. The van der Waals surface area contributed by atoms with Crippen LogP contribution < -0.4 is 18.5 Å². The molecular formula is C20H24N2O7S2. The summed E-state index contributed by atoms with van der Waals surface area (Å²) < 4.78 is 63.3. The minimum Gasteiger partial charge on any atom is -0.497 e. The van der Waals surface area contributed by atoms with Crippen molar-refractivity contribution in [3.63, 3.8) is 0 Å². The van der Waals surface area contributed by atoms with Gasteiger partial charge in [-0.3, -0.25) is 4.79 Å². The van der Waals surface area contributed by atoms with Crippen molar-refractivity contribution in [1.82, 2.24) is 4.72 Å². The Hall–Kier alpha value is -2.63. The van der Waals surface area contributed by atoms with E-state index < -0.39 is 31.9 Å². The highest BCUT2D eigenvalue weighted by atomic mass is 32.2. The average molecular weight is 469 g/mol. The van der Waals surface area contributed by atoms with Crippen LogP contribution >= 0.6 is 0 Å². The van der Waals surface area contributed by atoms with Crippen molar-refractivity contribution in [2.24, 2.45) is 5.92 Å². The molecule has 1 amide bonds. The highest BCUT2D eigenvalue weighted by molar-refractivity contribution is 7.94. The second kappa shape index (κ2) is 8.85. The number of rotatable bonds is 8. The van der Waals surface area contributed by atoms with Crippen LogP contribution in [0.4, 0.5) is 5.69 Å². The summed E-state index contributed by atoms with van der Waals surface area (Å²) in [5.74, 6) is -0.170. The van der Waals surface area contributed by atoms with Crippen LogP contribution in [0.15, 0.2) is 47.4 Å². The van der Waals surface area contributed by atoms with Crippen molar-refractivity contribution < 1.29 is 31.1 Å². The standard InChI is InChI=1S/C20H24N2O7S2/c1-14-13-30(24,25)22(20(14)23)16-4-7-18(8-5-16)31(26,27)21-11-10-15-12-17(28-2)6-9-19(15)29-3/h4-9,12,14,21H,10-11,13H2,1-3H3. The van der Waals surface area contributed by atoms with Gasteiger partial charge in [-0.15, -0.1) is 0 Å². The molecule has 1 atom stereocenters. The fraction of sp³-hybridized carbons (Fsp3) is 0.350. The number of nitrogens with zero attached hydrogens (tertiary/aromatic N) is 1. The molecule has 0 radical (unpaired) electrons. The van der Waals surface area contributed by atoms with Gasteiger partial charge >= 0.3 is 0 Å². The third-order valence-electron chi connectivity index (χ3n) is 4.92. The molecule has 9 nitrogen and oxygen atoms in total. The highest BCUT2D eigenvalue weighted by Crippen LogP contribution is 2.29. The molecule has 0 saturated carbocycles. The third kappa shape index (κ3) is 4.83. The molecule has 1 saturated heterocycles. The Labute approximate surface area is 182 Å². The van der Waals surface area contributed by atoms with E-state index in [0.29, 0.717) is 17.9 Å². The molecule has 0 bridgehead atoms. The van der Waals surface area contributed by atoms with E-state index in [1.54, 1.807) is 32.2 Å². The minimum atomic E-state index is -3.83. The van der Waals surface area contributed by atoms with Crippen molar-refractivity contribution in [3.8, 4) is 11.5 Å². The van der Waals surface area contributed by atoms with Gasteiger partial charge in [0.05, 0.1) is 36.5 Å². The third-order valence-corrected chi connectivity index (χ3v) is 8.26. The minimum absolute atomic E-state index is 0.0362. The van der Waals surface area contributed by atoms with Gasteiger partial charge in [0.15, 0.2) is 0 Å². The summed E-state index contributed by atoms with van der Waals surface area (Å²) in [5, 5.41) is 0. The molecule has 2 aromatic carbocycles. The lowest BCUT2D eigenvalue weighted by molar-refractivity contribution is -0.119. The summed E-state index contributed by atoms with van der Waals surface area (Å²) in [5.41, 5.74) is 0.904. The van der Waals surface area contributed by atoms with Gasteiger partial charge in [0.2, 0.25) is 26.0 Å². The van der Waals surface area contributed by atoms with Gasteiger partial charge in [-0.1, -0.05) is 6.92 Å². The van der Waals surface area contributed by atoms with Crippen LogP contribution in [0.1, 0.15) is 12.5 Å². The average Bonchev–Trinajstić information content (AvgIpc) is 2.94. The number of amides is 1. The molecular weight excluding hydrogens is 444 g/mol. The van der Waals surface area contributed by atoms with Crippen LogP contribution in [0, 0.1) is 5.92 Å². The molecule has 3 rings (SSSR count). The van der Waals surface area contributed by atoms with E-state index in [9.17, 15) is 21.6 Å². The molecule has 0 aliphatic carbocycles. The van der Waals surface area contributed by atoms with Gasteiger partial charge in [-0.25, -0.2) is 25.9 Å². The van der Waals surface area contributed by atoms with E-state index in [4.69, 9.17) is 9.47 Å². The van der Waals surface area contributed by atoms with Gasteiger partial charge in [-0.05, 0) is 54.4 Å². The number of carbonyl (C=O) groups is 1. The van der Waals surface area contributed by atoms with E-state index in [0.717, 1.165) is 9.87 Å². The van der Waals surface area contributed by atoms with Crippen LogP contribution in [0.3, 0.4) is 0 Å². The quantitative estimate of drug-likeness (QED) is 0.624. The van der Waals surface area contributed by atoms with Gasteiger partial charge < -0.3 is 9.47 Å². The number of ether oxygens (including phenoxy) is 2. The highest BCUT2D eigenvalue weighted by Gasteiger charge is 2.41. The number of hydrogen-bond acceptors (Lipinski definition) is 7. The summed E-state index contributed by atoms with van der Waals surface area (Å²) >= 11 is 0. The summed E-state index contributed by atoms with van der Waals surface area (Å²) in [4.78, 5) is 12.1. The fourth-order valence-corrected chi connectivity index (χ4v) is 6.18. The van der Waals surface area contributed by atoms with Crippen molar-refractivity contribution in [3.05, 3.63) is 48.0 Å². The number of anilines is 1. The van der Waals surface area contributed by atoms with Crippen LogP contribution in [-0.4, -0.2) is 49.3 Å². The summed E-state index contributed by atoms with van der Waals surface area (Å²) in [6, 6.07) is 10.4. The first-order valence-electron chi connectivity index (χ1n) is 9.46. The zero-order chi connectivity index (χ0) is 22.8. The molecule has 0 aromatic heterocycles. The number of nitrogens with one attached hydrogen (secondary N) is 1. The largest absolute Gasteiger partial charge is 0.497 e. The predicted octanol–water partition coefficient (Wildman–Crippen LogP) is 1.54. The van der Waals surface area contributed by atoms with Crippen molar-refractivity contribution in [2.75, 3.05) is 30.8 Å². The maximum absolute atomic E-state index is 12.6. The normalized spacial score (nSPS) is 18.2. The Bertz CT molecular complexity index is 1180. The van der Waals surface area contributed by atoms with Crippen LogP contribution in [0.5, 0.6) is 11.5 Å². The molecule has 11 heteroatoms. The summed E-state index contributed by atoms with van der Waals surface area (Å²) in [6.45, 7) is 1.66. The number of methoxy groups -OCH3 is 2. The predicted molar refractivity (Wildman–Crippen MR) is 115 cm³/mol. The van der Waals surface area contributed by atoms with E-state index in [1.807, 2.05) is 0 Å². The molecule has 168 valence electrons. The maximum atomic E-state index is 12.6. The van der Waals surface area contributed by atoms with Gasteiger partial charge in [0.1, 0.15) is 11.5 Å². The number of hydrogen-bond donors (Lipinski definition) is 1. The number of sulfonamides is 2. The topological polar surface area (TPSA) is 119 Å². The Morgan fingerprint density at radius 2 is 1.77 bits per heavy atom. The van der Waals surface area contributed by atoms with Crippen molar-refractivity contribution in [1.29, 1.82) is 0 Å². The van der Waals surface area contributed by atoms with Gasteiger partial charge in [-0.2, -0.15) is 0 Å². The molecule has 0 spiro atoms. The SMILES string of the molecule is COc1ccc(OC)c(CCNS(=O)(=O)c2ccc(N3C(=O)C(C)CS3(=O)=O)cc2)c1. The Morgan fingerprint density at radius 1 is 1.10 bits per heavy atom. The first kappa shape index (κ1) is 23.0. The number of carbonyl (C=O) groups excluding carboxylic acids is 1. The summed E-state index contributed by atoms with van der Waals surface area (Å²) in [6.07, 6.45) is 0.371. The Morgan fingerprint density at radius 3 is 2.32 bits per heavy atom. The van der Waals surface area contributed by atoms with E-state index in [1.165, 1.54) is 31.4 Å². The Kier molecular flexibility index (Phi) is 6.58. The lowest BCUT2D eigenvalue weighted by Crippen LogP contribution is -2.30. The van der Waals surface area contributed by atoms with E-state index in [2.05, 4.69) is 4.72 Å². The van der Waals surface area contributed by atoms with Gasteiger partial charge in [0.25, 0.3) is 0 Å². The lowest BCUT2D eigenvalue weighted by Gasteiger charge is -2.16. The number of benzene rings is 2. The first-order valence-corrected chi connectivity index (χ1v) is 12.6. The molecule has 1 fully saturated rings. The maximum Gasteiger partial charge on any atom is 0.244 e. The second-order valence-corrected chi connectivity index (χ2v) is 10.7. The lowest BCUT2D eigenvalue weighted by atomic mass is 10.1. The zero-order valence-electron chi connectivity index (χ0n) is 17.4. The van der Waals surface area contributed by atoms with Crippen LogP contribution in [0.25, 0.3) is 0 Å². The van der Waals surface area contributed by atoms with Crippen molar-refractivity contribution in [2.45, 2.75) is 18.2 Å². The molecule has 2 aromatic rings. The van der Waals surface area contributed by atoms with E-state index in [-0.39, 0.29) is 22.9 Å². The molecule has 1 unspecified atom stereocenters. The molecule has 1 heterocycles. The first-order chi connectivity index (χ1) is 14.6. The molecule has 1 aliphatic rings. The molecule has 31 heavy (non-hydrogen) atoms. The van der Waals surface area contributed by atoms with Crippen LogP contribution in [0.2, 0.25) is 0 Å². The second-order valence-electron chi connectivity index (χ2n) is 7.10. The fourth-order valence-electron chi connectivity index (χ4n) is 3.33. The van der Waals surface area contributed by atoms with E-state index >= 15 is 0 Å². The summed E-state index contributed by atoms with van der Waals surface area (Å²) in [7, 11) is -4.51. The van der Waals surface area contributed by atoms with Crippen molar-refractivity contribution >= 4 is 31.6 Å². The molecule has 1 N–H and O–H groups in total. The molecule has 1 aliphatic heterocycles. The smallest absolute Gasteiger partial charge is 0.244 e. The van der Waals surface area contributed by atoms with Gasteiger partial charge in [0, 0.05) is 6.54 Å². The monoisotopic (exact) mass is 468 g/mol.